The fourth-order valence-corrected chi connectivity index (χ4v) is 3.84. The van der Waals surface area contributed by atoms with Gasteiger partial charge in [0.2, 0.25) is 0 Å². The molecule has 6 nitrogen and oxygen atoms in total. The van der Waals surface area contributed by atoms with E-state index in [0.29, 0.717) is 17.8 Å². The van der Waals surface area contributed by atoms with Gasteiger partial charge in [-0.15, -0.1) is 0 Å². The number of anilines is 1. The van der Waals surface area contributed by atoms with Gasteiger partial charge in [0.1, 0.15) is 5.75 Å². The predicted molar refractivity (Wildman–Crippen MR) is 128 cm³/mol. The van der Waals surface area contributed by atoms with E-state index in [0.717, 1.165) is 28.1 Å². The summed E-state index contributed by atoms with van der Waals surface area (Å²) >= 11 is 0. The highest BCUT2D eigenvalue weighted by atomic mass is 16.5. The Labute approximate surface area is 195 Å². The minimum absolute atomic E-state index is 0.230. The van der Waals surface area contributed by atoms with Gasteiger partial charge in [-0.3, -0.25) is 0 Å². The van der Waals surface area contributed by atoms with Gasteiger partial charge in [-0.25, -0.2) is 9.59 Å². The number of hydrogen-bond donors (Lipinski definition) is 0. The Hall–Kier alpha value is -3.54. The van der Waals surface area contributed by atoms with Crippen molar-refractivity contribution in [2.24, 2.45) is 0 Å². The zero-order valence-corrected chi connectivity index (χ0v) is 19.9. The molecular weight excluding hydrogens is 418 g/mol. The molecule has 174 valence electrons. The number of ether oxygens (including phenoxy) is 3. The molecule has 0 N–H and O–H groups in total. The summed E-state index contributed by atoms with van der Waals surface area (Å²) in [6.07, 6.45) is 3.51. The lowest BCUT2D eigenvalue weighted by Gasteiger charge is -2.31. The van der Waals surface area contributed by atoms with Crippen LogP contribution in [0.25, 0.3) is 0 Å². The third-order valence-electron chi connectivity index (χ3n) is 5.37. The number of carbonyl (C=O) groups excluding carboxylic acids is 2. The van der Waals surface area contributed by atoms with Crippen LogP contribution in [-0.4, -0.2) is 31.8 Å². The van der Waals surface area contributed by atoms with Crippen molar-refractivity contribution < 1.29 is 23.8 Å². The number of nitrogens with zero attached hydrogens (tertiary/aromatic N) is 1. The van der Waals surface area contributed by atoms with E-state index in [2.05, 4.69) is 0 Å². The predicted octanol–water partition coefficient (Wildman–Crippen LogP) is 5.20. The maximum Gasteiger partial charge on any atom is 0.336 e. The van der Waals surface area contributed by atoms with Gasteiger partial charge in [0.15, 0.2) is 0 Å². The first kappa shape index (κ1) is 24.1. The lowest BCUT2D eigenvalue weighted by Crippen LogP contribution is -2.29. The number of aryl methyl sites for hydroxylation is 2. The molecule has 1 heterocycles. The van der Waals surface area contributed by atoms with Gasteiger partial charge in [0, 0.05) is 18.1 Å². The van der Waals surface area contributed by atoms with Crippen LogP contribution in [0.5, 0.6) is 5.75 Å². The van der Waals surface area contributed by atoms with Crippen molar-refractivity contribution in [3.63, 3.8) is 0 Å². The fraction of sp³-hybridized carbons (Fsp3) is 0.333. The van der Waals surface area contributed by atoms with Crippen LogP contribution < -0.4 is 9.64 Å². The fourth-order valence-electron chi connectivity index (χ4n) is 3.84. The van der Waals surface area contributed by atoms with Crippen molar-refractivity contribution in [1.82, 2.24) is 0 Å². The molecule has 1 aliphatic rings. The van der Waals surface area contributed by atoms with E-state index in [1.807, 2.05) is 68.1 Å². The number of rotatable bonds is 8. The summed E-state index contributed by atoms with van der Waals surface area (Å²) in [4.78, 5) is 28.0. The van der Waals surface area contributed by atoms with E-state index >= 15 is 0 Å². The van der Waals surface area contributed by atoms with E-state index in [9.17, 15) is 9.59 Å². The molecule has 33 heavy (non-hydrogen) atoms. The standard InChI is InChI=1S/C27H31NO5/c1-6-31-21-13-11-20(12-14-21)25-22(26(29)32-7-2)16-28(17-23(25)27(30)33-8-3)24-15-18(4)9-10-19(24)5/h9-17,25H,6-8H2,1-5H3. The molecule has 0 radical (unpaired) electrons. The molecule has 2 aromatic rings. The summed E-state index contributed by atoms with van der Waals surface area (Å²) in [6, 6.07) is 13.5. The Kier molecular flexibility index (Phi) is 7.93. The number of benzene rings is 2. The van der Waals surface area contributed by atoms with Crippen LogP contribution >= 0.6 is 0 Å². The Balaban J connectivity index is 2.17. The highest BCUT2D eigenvalue weighted by Crippen LogP contribution is 2.39. The second-order valence-corrected chi connectivity index (χ2v) is 7.74. The third kappa shape index (κ3) is 5.45. The minimum atomic E-state index is -0.625. The Bertz CT molecular complexity index is 1030. The summed E-state index contributed by atoms with van der Waals surface area (Å²) in [5, 5.41) is 0. The van der Waals surface area contributed by atoms with E-state index < -0.39 is 17.9 Å². The quantitative estimate of drug-likeness (QED) is 0.516. The molecule has 0 fully saturated rings. The van der Waals surface area contributed by atoms with Gasteiger partial charge in [-0.1, -0.05) is 24.3 Å². The van der Waals surface area contributed by atoms with Gasteiger partial charge in [0.25, 0.3) is 0 Å². The van der Waals surface area contributed by atoms with Gasteiger partial charge in [0.05, 0.1) is 36.9 Å². The van der Waals surface area contributed by atoms with Gasteiger partial charge < -0.3 is 19.1 Å². The minimum Gasteiger partial charge on any atom is -0.494 e. The molecule has 0 saturated carbocycles. The maximum atomic E-state index is 13.1. The zero-order chi connectivity index (χ0) is 24.0. The van der Waals surface area contributed by atoms with E-state index in [-0.39, 0.29) is 13.2 Å². The van der Waals surface area contributed by atoms with Crippen molar-refractivity contribution in [2.45, 2.75) is 40.5 Å². The maximum absolute atomic E-state index is 13.1. The number of hydrogen-bond acceptors (Lipinski definition) is 6. The SMILES string of the molecule is CCOC(=O)C1=CN(c2cc(C)ccc2C)C=C(C(=O)OCC)C1c1ccc(OCC)cc1. The Morgan fingerprint density at radius 2 is 1.39 bits per heavy atom. The third-order valence-corrected chi connectivity index (χ3v) is 5.37. The first-order chi connectivity index (χ1) is 15.9. The number of esters is 2. The smallest absolute Gasteiger partial charge is 0.336 e. The molecule has 0 saturated heterocycles. The first-order valence-electron chi connectivity index (χ1n) is 11.3. The van der Waals surface area contributed by atoms with Crippen LogP contribution in [0.3, 0.4) is 0 Å². The van der Waals surface area contributed by atoms with Crippen molar-refractivity contribution in [3.8, 4) is 5.75 Å². The second-order valence-electron chi connectivity index (χ2n) is 7.74. The van der Waals surface area contributed by atoms with Crippen LogP contribution in [0.2, 0.25) is 0 Å². The van der Waals surface area contributed by atoms with Gasteiger partial charge >= 0.3 is 11.9 Å². The monoisotopic (exact) mass is 449 g/mol. The summed E-state index contributed by atoms with van der Waals surface area (Å²) in [7, 11) is 0. The summed E-state index contributed by atoms with van der Waals surface area (Å²) in [5.74, 6) is -0.847. The molecular formula is C27H31NO5. The Morgan fingerprint density at radius 3 is 1.91 bits per heavy atom. The zero-order valence-electron chi connectivity index (χ0n) is 19.9. The summed E-state index contributed by atoms with van der Waals surface area (Å²) < 4.78 is 16.3. The molecule has 1 aliphatic heterocycles. The van der Waals surface area contributed by atoms with Crippen molar-refractivity contribution in [3.05, 3.63) is 82.7 Å². The molecule has 0 amide bonds. The largest absolute Gasteiger partial charge is 0.494 e. The molecule has 0 aliphatic carbocycles. The summed E-state index contributed by atoms with van der Waals surface area (Å²) in [6.45, 7) is 10.4. The normalized spacial score (nSPS) is 13.8. The van der Waals surface area contributed by atoms with Crippen molar-refractivity contribution in [1.29, 1.82) is 0 Å². The topological polar surface area (TPSA) is 65.1 Å². The molecule has 0 spiro atoms. The first-order valence-corrected chi connectivity index (χ1v) is 11.3. The molecule has 0 atom stereocenters. The molecule has 2 aromatic carbocycles. The molecule has 0 unspecified atom stereocenters. The van der Waals surface area contributed by atoms with Crippen LogP contribution in [0.15, 0.2) is 66.0 Å². The molecule has 0 bridgehead atoms. The lowest BCUT2D eigenvalue weighted by molar-refractivity contribution is -0.139. The lowest BCUT2D eigenvalue weighted by atomic mass is 9.83. The van der Waals surface area contributed by atoms with Crippen LogP contribution in [0.1, 0.15) is 43.4 Å². The van der Waals surface area contributed by atoms with E-state index in [1.54, 1.807) is 26.2 Å². The average Bonchev–Trinajstić information content (AvgIpc) is 2.81. The van der Waals surface area contributed by atoms with E-state index in [4.69, 9.17) is 14.2 Å². The molecule has 3 rings (SSSR count). The van der Waals surface area contributed by atoms with Crippen molar-refractivity contribution in [2.75, 3.05) is 24.7 Å². The van der Waals surface area contributed by atoms with Crippen LogP contribution in [0.4, 0.5) is 5.69 Å². The van der Waals surface area contributed by atoms with Gasteiger partial charge in [-0.2, -0.15) is 0 Å². The van der Waals surface area contributed by atoms with Crippen LogP contribution in [-0.2, 0) is 19.1 Å². The van der Waals surface area contributed by atoms with E-state index in [1.165, 1.54) is 0 Å². The summed E-state index contributed by atoms with van der Waals surface area (Å²) in [5.41, 5.74) is 4.47. The van der Waals surface area contributed by atoms with Gasteiger partial charge in [-0.05, 0) is 69.5 Å². The van der Waals surface area contributed by atoms with Crippen LogP contribution in [0, 0.1) is 13.8 Å². The number of carbonyl (C=O) groups is 2. The molecule has 6 heteroatoms. The molecule has 0 aromatic heterocycles. The average molecular weight is 450 g/mol. The highest BCUT2D eigenvalue weighted by Gasteiger charge is 2.36. The second kappa shape index (κ2) is 10.9. The highest BCUT2D eigenvalue weighted by molar-refractivity contribution is 6.00. The van der Waals surface area contributed by atoms with Crippen molar-refractivity contribution >= 4 is 17.6 Å². The Morgan fingerprint density at radius 1 is 0.818 bits per heavy atom.